The maximum Gasteiger partial charge on any atom is 0.290 e. The Bertz CT molecular complexity index is 913. The van der Waals surface area contributed by atoms with Crippen LogP contribution in [-0.2, 0) is 0 Å². The van der Waals surface area contributed by atoms with Crippen LogP contribution in [-0.4, -0.2) is 17.4 Å². The third-order valence-electron chi connectivity index (χ3n) is 4.29. The Labute approximate surface area is 137 Å². The molecule has 116 valence electrons. The van der Waals surface area contributed by atoms with Crippen molar-refractivity contribution >= 4 is 28.2 Å². The predicted octanol–water partition coefficient (Wildman–Crippen LogP) is 3.83. The van der Waals surface area contributed by atoms with Gasteiger partial charge in [-0.15, -0.1) is 0 Å². The summed E-state index contributed by atoms with van der Waals surface area (Å²) in [5.41, 5.74) is 1.43. The van der Waals surface area contributed by atoms with Gasteiger partial charge in [0.05, 0.1) is 11.4 Å². The molecule has 0 bridgehead atoms. The Kier molecular flexibility index (Phi) is 3.50. The number of benzene rings is 1. The standard InChI is InChI=1S/C18H15NO3S/c20-15-10-17(22-16-6-2-1-4-13(15)16)18(21)19-8-3-5-14(19)12-7-9-23-11-12/h1-2,4,6-7,9-11,14H,3,5,8H2/t14-/m0/s1. The largest absolute Gasteiger partial charge is 0.451 e. The van der Waals surface area contributed by atoms with Gasteiger partial charge in [0.25, 0.3) is 5.91 Å². The average Bonchev–Trinajstić information content (AvgIpc) is 3.25. The summed E-state index contributed by atoms with van der Waals surface area (Å²) in [6, 6.07) is 10.4. The normalized spacial score (nSPS) is 17.7. The van der Waals surface area contributed by atoms with Crippen molar-refractivity contribution in [2.45, 2.75) is 18.9 Å². The number of amides is 1. The van der Waals surface area contributed by atoms with Crippen LogP contribution in [0.15, 0.2) is 56.4 Å². The van der Waals surface area contributed by atoms with E-state index in [1.54, 1.807) is 35.6 Å². The van der Waals surface area contributed by atoms with Crippen LogP contribution in [0.3, 0.4) is 0 Å². The van der Waals surface area contributed by atoms with Gasteiger partial charge < -0.3 is 9.32 Å². The molecular formula is C18H15NO3S. The van der Waals surface area contributed by atoms with Crippen molar-refractivity contribution in [1.29, 1.82) is 0 Å². The molecule has 3 heterocycles. The van der Waals surface area contributed by atoms with Crippen molar-refractivity contribution in [1.82, 2.24) is 4.90 Å². The molecule has 0 spiro atoms. The Balaban J connectivity index is 1.73. The minimum atomic E-state index is -0.207. The molecule has 4 rings (SSSR count). The van der Waals surface area contributed by atoms with Gasteiger partial charge in [-0.1, -0.05) is 12.1 Å². The first kappa shape index (κ1) is 14.2. The molecule has 1 aliphatic rings. The first-order chi connectivity index (χ1) is 11.2. The summed E-state index contributed by atoms with van der Waals surface area (Å²) >= 11 is 1.63. The van der Waals surface area contributed by atoms with Crippen LogP contribution >= 0.6 is 11.3 Å². The lowest BCUT2D eigenvalue weighted by atomic mass is 10.1. The highest BCUT2D eigenvalue weighted by Gasteiger charge is 2.32. The fourth-order valence-electron chi connectivity index (χ4n) is 3.17. The molecule has 4 nitrogen and oxygen atoms in total. The van der Waals surface area contributed by atoms with E-state index in [-0.39, 0.29) is 23.1 Å². The molecule has 0 unspecified atom stereocenters. The first-order valence-corrected chi connectivity index (χ1v) is 8.54. The highest BCUT2D eigenvalue weighted by Crippen LogP contribution is 2.34. The van der Waals surface area contributed by atoms with Crippen LogP contribution in [0, 0.1) is 0 Å². The van der Waals surface area contributed by atoms with E-state index in [1.165, 1.54) is 6.07 Å². The number of fused-ring (bicyclic) bond motifs is 1. The van der Waals surface area contributed by atoms with Crippen molar-refractivity contribution in [3.05, 3.63) is 68.7 Å². The molecule has 0 aliphatic carbocycles. The number of para-hydroxylation sites is 1. The van der Waals surface area contributed by atoms with Crippen molar-refractivity contribution in [3.63, 3.8) is 0 Å². The van der Waals surface area contributed by atoms with E-state index < -0.39 is 0 Å². The predicted molar refractivity (Wildman–Crippen MR) is 89.8 cm³/mol. The lowest BCUT2D eigenvalue weighted by molar-refractivity contribution is 0.0704. The van der Waals surface area contributed by atoms with Gasteiger partial charge in [0, 0.05) is 12.6 Å². The quantitative estimate of drug-likeness (QED) is 0.719. The number of hydrogen-bond acceptors (Lipinski definition) is 4. The molecular weight excluding hydrogens is 310 g/mol. The molecule has 1 atom stereocenters. The highest BCUT2D eigenvalue weighted by atomic mass is 32.1. The minimum absolute atomic E-state index is 0.0746. The summed E-state index contributed by atoms with van der Waals surface area (Å²) in [7, 11) is 0. The summed E-state index contributed by atoms with van der Waals surface area (Å²) in [4.78, 5) is 26.9. The number of thiophene rings is 1. The molecule has 1 aliphatic heterocycles. The van der Waals surface area contributed by atoms with Gasteiger partial charge in [0.15, 0.2) is 11.2 Å². The van der Waals surface area contributed by atoms with Gasteiger partial charge in [0.2, 0.25) is 0 Å². The molecule has 1 amide bonds. The van der Waals surface area contributed by atoms with Gasteiger partial charge in [-0.3, -0.25) is 9.59 Å². The zero-order valence-corrected chi connectivity index (χ0v) is 13.2. The number of hydrogen-bond donors (Lipinski definition) is 0. The lowest BCUT2D eigenvalue weighted by Crippen LogP contribution is -2.31. The molecule has 2 aromatic heterocycles. The molecule has 1 fully saturated rings. The topological polar surface area (TPSA) is 50.5 Å². The maximum atomic E-state index is 12.8. The minimum Gasteiger partial charge on any atom is -0.451 e. The van der Waals surface area contributed by atoms with Crippen LogP contribution in [0.1, 0.15) is 35.0 Å². The van der Waals surface area contributed by atoms with Crippen LogP contribution in [0.5, 0.6) is 0 Å². The smallest absolute Gasteiger partial charge is 0.290 e. The van der Waals surface area contributed by atoms with E-state index in [2.05, 4.69) is 11.4 Å². The molecule has 0 radical (unpaired) electrons. The second-order valence-electron chi connectivity index (χ2n) is 5.68. The van der Waals surface area contributed by atoms with Crippen molar-refractivity contribution in [2.24, 2.45) is 0 Å². The van der Waals surface area contributed by atoms with Gasteiger partial charge in [-0.05, 0) is 47.4 Å². The van der Waals surface area contributed by atoms with Gasteiger partial charge in [0.1, 0.15) is 5.58 Å². The fraction of sp³-hybridized carbons (Fsp3) is 0.222. The Morgan fingerprint density at radius 2 is 2.13 bits per heavy atom. The average molecular weight is 325 g/mol. The van der Waals surface area contributed by atoms with Crippen molar-refractivity contribution in [2.75, 3.05) is 6.54 Å². The first-order valence-electron chi connectivity index (χ1n) is 7.60. The summed E-state index contributed by atoms with van der Waals surface area (Å²) in [5.74, 6) is -0.0858. The summed E-state index contributed by atoms with van der Waals surface area (Å²) in [5, 5.41) is 4.60. The third kappa shape index (κ3) is 2.47. The third-order valence-corrected chi connectivity index (χ3v) is 4.99. The zero-order chi connectivity index (χ0) is 15.8. The second-order valence-corrected chi connectivity index (χ2v) is 6.46. The van der Waals surface area contributed by atoms with Gasteiger partial charge in [-0.2, -0.15) is 11.3 Å². The monoisotopic (exact) mass is 325 g/mol. The number of carbonyl (C=O) groups excluding carboxylic acids is 1. The SMILES string of the molecule is O=C(c1cc(=O)c2ccccc2o1)N1CCC[C@H]1c1ccsc1. The fourth-order valence-corrected chi connectivity index (χ4v) is 3.88. The second kappa shape index (κ2) is 5.66. The molecule has 1 saturated heterocycles. The van der Waals surface area contributed by atoms with E-state index >= 15 is 0 Å². The van der Waals surface area contributed by atoms with E-state index in [4.69, 9.17) is 4.42 Å². The number of likely N-dealkylation sites (tertiary alicyclic amines) is 1. The molecule has 0 saturated carbocycles. The van der Waals surface area contributed by atoms with Crippen LogP contribution < -0.4 is 5.43 Å². The van der Waals surface area contributed by atoms with Crippen molar-refractivity contribution < 1.29 is 9.21 Å². The Morgan fingerprint density at radius 3 is 2.96 bits per heavy atom. The molecule has 5 heteroatoms. The molecule has 23 heavy (non-hydrogen) atoms. The van der Waals surface area contributed by atoms with E-state index in [0.29, 0.717) is 17.5 Å². The van der Waals surface area contributed by atoms with E-state index in [1.807, 2.05) is 10.3 Å². The van der Waals surface area contributed by atoms with E-state index in [9.17, 15) is 9.59 Å². The van der Waals surface area contributed by atoms with Crippen LogP contribution in [0.4, 0.5) is 0 Å². The van der Waals surface area contributed by atoms with Crippen LogP contribution in [0.2, 0.25) is 0 Å². The highest BCUT2D eigenvalue weighted by molar-refractivity contribution is 7.08. The number of rotatable bonds is 2. The number of nitrogens with zero attached hydrogens (tertiary/aromatic N) is 1. The number of carbonyl (C=O) groups is 1. The van der Waals surface area contributed by atoms with Crippen molar-refractivity contribution in [3.8, 4) is 0 Å². The molecule has 3 aromatic rings. The van der Waals surface area contributed by atoms with E-state index in [0.717, 1.165) is 18.4 Å². The summed E-state index contributed by atoms with van der Waals surface area (Å²) in [6.45, 7) is 0.690. The van der Waals surface area contributed by atoms with Crippen LogP contribution in [0.25, 0.3) is 11.0 Å². The molecule has 0 N–H and O–H groups in total. The summed E-state index contributed by atoms with van der Waals surface area (Å²) < 4.78 is 5.69. The Hall–Kier alpha value is -2.40. The zero-order valence-electron chi connectivity index (χ0n) is 12.4. The maximum absolute atomic E-state index is 12.8. The molecule has 1 aromatic carbocycles. The van der Waals surface area contributed by atoms with Gasteiger partial charge >= 0.3 is 0 Å². The lowest BCUT2D eigenvalue weighted by Gasteiger charge is -2.23. The Morgan fingerprint density at radius 1 is 1.26 bits per heavy atom. The van der Waals surface area contributed by atoms with Gasteiger partial charge in [-0.25, -0.2) is 0 Å². The summed E-state index contributed by atoms with van der Waals surface area (Å²) in [6.07, 6.45) is 1.91.